The highest BCUT2D eigenvalue weighted by Crippen LogP contribution is 1.96. The molecule has 6 heteroatoms. The van der Waals surface area contributed by atoms with Crippen LogP contribution in [0.25, 0.3) is 0 Å². The highest BCUT2D eigenvalue weighted by Gasteiger charge is 2.03. The summed E-state index contributed by atoms with van der Waals surface area (Å²) in [4.78, 5) is 24.6. The van der Waals surface area contributed by atoms with Crippen molar-refractivity contribution in [3.63, 3.8) is 0 Å². The van der Waals surface area contributed by atoms with Crippen LogP contribution in [0.4, 0.5) is 0 Å². The molecule has 2 N–H and O–H groups in total. The van der Waals surface area contributed by atoms with Gasteiger partial charge in [0.05, 0.1) is 0 Å². The minimum absolute atomic E-state index is 0.0335. The van der Waals surface area contributed by atoms with E-state index in [0.717, 1.165) is 12.8 Å². The van der Waals surface area contributed by atoms with Crippen LogP contribution < -0.4 is 16.6 Å². The Labute approximate surface area is 105 Å². The lowest BCUT2D eigenvalue weighted by atomic mass is 10.2. The average Bonchev–Trinajstić information content (AvgIpc) is 2.26. The predicted molar refractivity (Wildman–Crippen MR) is 68.7 cm³/mol. The van der Waals surface area contributed by atoms with Crippen LogP contribution in [-0.4, -0.2) is 22.1 Å². The van der Waals surface area contributed by atoms with Crippen LogP contribution in [-0.2, 0) is 6.54 Å². The maximum Gasteiger partial charge on any atom is 0.328 e. The summed E-state index contributed by atoms with van der Waals surface area (Å²) in [5, 5.41) is 3.33. The maximum atomic E-state index is 11.4. The van der Waals surface area contributed by atoms with E-state index in [1.807, 2.05) is 0 Å². The molecule has 96 valence electrons. The molecule has 1 atom stereocenters. The number of H-pyrrole nitrogens is 1. The van der Waals surface area contributed by atoms with Gasteiger partial charge in [0.2, 0.25) is 0 Å². The van der Waals surface area contributed by atoms with Crippen molar-refractivity contribution in [1.82, 2.24) is 14.9 Å². The van der Waals surface area contributed by atoms with Gasteiger partial charge in [0.1, 0.15) is 5.02 Å². The van der Waals surface area contributed by atoms with E-state index in [0.29, 0.717) is 19.1 Å². The van der Waals surface area contributed by atoms with E-state index < -0.39 is 11.2 Å². The molecule has 0 aromatic carbocycles. The van der Waals surface area contributed by atoms with Crippen molar-refractivity contribution in [2.24, 2.45) is 0 Å². The van der Waals surface area contributed by atoms with Crippen LogP contribution in [0, 0.1) is 0 Å². The Balaban J connectivity index is 2.55. The number of nitrogens with zero attached hydrogens (tertiary/aromatic N) is 1. The van der Waals surface area contributed by atoms with Gasteiger partial charge >= 0.3 is 5.69 Å². The lowest BCUT2D eigenvalue weighted by Crippen LogP contribution is -2.35. The van der Waals surface area contributed by atoms with Crippen molar-refractivity contribution in [2.45, 2.75) is 39.3 Å². The molecule has 0 amide bonds. The average molecular weight is 260 g/mol. The SMILES string of the molecule is CCCC(C)NCCn1cc(Cl)c(=O)[nH]c1=O. The Kier molecular flexibility index (Phi) is 5.44. The first-order valence-corrected chi connectivity index (χ1v) is 6.15. The van der Waals surface area contributed by atoms with Gasteiger partial charge in [-0.25, -0.2) is 4.79 Å². The molecule has 0 aliphatic carbocycles. The molecule has 1 unspecified atom stereocenters. The van der Waals surface area contributed by atoms with Gasteiger partial charge in [-0.15, -0.1) is 0 Å². The number of hydrogen-bond donors (Lipinski definition) is 2. The van der Waals surface area contributed by atoms with E-state index in [4.69, 9.17) is 11.6 Å². The zero-order valence-electron chi connectivity index (χ0n) is 10.1. The Morgan fingerprint density at radius 3 is 2.88 bits per heavy atom. The van der Waals surface area contributed by atoms with Crippen LogP contribution in [0.5, 0.6) is 0 Å². The summed E-state index contributed by atoms with van der Waals surface area (Å²) < 4.78 is 1.40. The van der Waals surface area contributed by atoms with Crippen LogP contribution in [0.15, 0.2) is 15.8 Å². The summed E-state index contributed by atoms with van der Waals surface area (Å²) in [7, 11) is 0. The predicted octanol–water partition coefficient (Wildman–Crippen LogP) is 0.968. The molecule has 1 aromatic rings. The first-order chi connectivity index (χ1) is 8.04. The van der Waals surface area contributed by atoms with Crippen molar-refractivity contribution in [3.05, 3.63) is 32.1 Å². The smallest absolute Gasteiger partial charge is 0.312 e. The summed E-state index contributed by atoms with van der Waals surface area (Å²) in [6, 6.07) is 0.425. The quantitative estimate of drug-likeness (QED) is 0.800. The Hall–Kier alpha value is -1.07. The van der Waals surface area contributed by atoms with Crippen molar-refractivity contribution >= 4 is 11.6 Å². The second kappa shape index (κ2) is 6.61. The van der Waals surface area contributed by atoms with Gasteiger partial charge in [-0.05, 0) is 13.3 Å². The fraction of sp³-hybridized carbons (Fsp3) is 0.636. The molecule has 0 bridgehead atoms. The van der Waals surface area contributed by atoms with Gasteiger partial charge in [-0.1, -0.05) is 24.9 Å². The molecule has 5 nitrogen and oxygen atoms in total. The number of aromatic nitrogens is 2. The minimum atomic E-state index is -0.541. The van der Waals surface area contributed by atoms with E-state index >= 15 is 0 Å². The molecule has 0 fully saturated rings. The number of hydrogen-bond acceptors (Lipinski definition) is 3. The highest BCUT2D eigenvalue weighted by atomic mass is 35.5. The lowest BCUT2D eigenvalue weighted by Gasteiger charge is -2.13. The monoisotopic (exact) mass is 259 g/mol. The van der Waals surface area contributed by atoms with Gasteiger partial charge in [-0.2, -0.15) is 0 Å². The summed E-state index contributed by atoms with van der Waals surface area (Å²) in [6.07, 6.45) is 3.59. The standard InChI is InChI=1S/C11H18ClN3O2/c1-3-4-8(2)13-5-6-15-7-9(12)10(16)14-11(15)17/h7-8,13H,3-6H2,1-2H3,(H,14,16,17). The maximum absolute atomic E-state index is 11.4. The molecule has 0 aliphatic rings. The summed E-state index contributed by atoms with van der Waals surface area (Å²) in [5.74, 6) is 0. The molecule has 0 saturated carbocycles. The summed E-state index contributed by atoms with van der Waals surface area (Å²) >= 11 is 5.65. The molecule has 1 heterocycles. The number of aromatic amines is 1. The third-order valence-corrected chi connectivity index (χ3v) is 2.80. The lowest BCUT2D eigenvalue weighted by molar-refractivity contribution is 0.479. The number of rotatable bonds is 6. The third kappa shape index (κ3) is 4.36. The fourth-order valence-corrected chi connectivity index (χ4v) is 1.78. The van der Waals surface area contributed by atoms with Crippen molar-refractivity contribution in [2.75, 3.05) is 6.54 Å². The molecule has 1 rings (SSSR count). The fourth-order valence-electron chi connectivity index (χ4n) is 1.62. The van der Waals surface area contributed by atoms with Gasteiger partial charge in [-0.3, -0.25) is 14.3 Å². The molecule has 0 saturated heterocycles. The van der Waals surface area contributed by atoms with Gasteiger partial charge in [0.25, 0.3) is 5.56 Å². The summed E-state index contributed by atoms with van der Waals surface area (Å²) in [5.41, 5.74) is -0.968. The van der Waals surface area contributed by atoms with Crippen LogP contribution in [0.3, 0.4) is 0 Å². The molecule has 1 aromatic heterocycles. The highest BCUT2D eigenvalue weighted by molar-refractivity contribution is 6.30. The van der Waals surface area contributed by atoms with E-state index in [-0.39, 0.29) is 5.02 Å². The van der Waals surface area contributed by atoms with Crippen LogP contribution in [0.2, 0.25) is 5.02 Å². The Morgan fingerprint density at radius 2 is 2.24 bits per heavy atom. The second-order valence-corrected chi connectivity index (χ2v) is 4.48. The van der Waals surface area contributed by atoms with Crippen molar-refractivity contribution in [3.8, 4) is 0 Å². The van der Waals surface area contributed by atoms with E-state index in [1.54, 1.807) is 0 Å². The zero-order chi connectivity index (χ0) is 12.8. The van der Waals surface area contributed by atoms with Crippen molar-refractivity contribution < 1.29 is 0 Å². The third-order valence-electron chi connectivity index (χ3n) is 2.53. The van der Waals surface area contributed by atoms with Crippen LogP contribution in [0.1, 0.15) is 26.7 Å². The number of halogens is 1. The van der Waals surface area contributed by atoms with E-state index in [2.05, 4.69) is 24.1 Å². The Bertz CT molecular complexity index is 467. The van der Waals surface area contributed by atoms with E-state index in [1.165, 1.54) is 10.8 Å². The van der Waals surface area contributed by atoms with Crippen LogP contribution >= 0.6 is 11.6 Å². The molecule has 0 radical (unpaired) electrons. The molecule has 0 spiro atoms. The number of nitrogens with one attached hydrogen (secondary N) is 2. The first-order valence-electron chi connectivity index (χ1n) is 5.77. The van der Waals surface area contributed by atoms with Gasteiger partial charge < -0.3 is 5.32 Å². The van der Waals surface area contributed by atoms with Gasteiger partial charge in [0, 0.05) is 25.3 Å². The Morgan fingerprint density at radius 1 is 1.53 bits per heavy atom. The van der Waals surface area contributed by atoms with E-state index in [9.17, 15) is 9.59 Å². The molecule has 17 heavy (non-hydrogen) atoms. The molecular weight excluding hydrogens is 242 g/mol. The largest absolute Gasteiger partial charge is 0.328 e. The van der Waals surface area contributed by atoms with Gasteiger partial charge in [0.15, 0.2) is 0 Å². The second-order valence-electron chi connectivity index (χ2n) is 4.07. The minimum Gasteiger partial charge on any atom is -0.312 e. The molecule has 0 aliphatic heterocycles. The summed E-state index contributed by atoms with van der Waals surface area (Å²) in [6.45, 7) is 5.39. The normalized spacial score (nSPS) is 12.6. The molecular formula is C11H18ClN3O2. The zero-order valence-corrected chi connectivity index (χ0v) is 10.9. The van der Waals surface area contributed by atoms with Crippen molar-refractivity contribution in [1.29, 1.82) is 0 Å². The topological polar surface area (TPSA) is 66.9 Å². The first kappa shape index (κ1) is 14.0.